The number of allylic oxidation sites excluding steroid dienone is 2. The number of ether oxygens (including phenoxy) is 1. The third-order valence-electron chi connectivity index (χ3n) is 1.60. The van der Waals surface area contributed by atoms with Crippen molar-refractivity contribution in [1.29, 1.82) is 0 Å². The van der Waals surface area contributed by atoms with E-state index in [2.05, 4.69) is 0 Å². The summed E-state index contributed by atoms with van der Waals surface area (Å²) in [5.74, 6) is -0.372. The van der Waals surface area contributed by atoms with Gasteiger partial charge in [-0.15, -0.1) is 0 Å². The van der Waals surface area contributed by atoms with Crippen LogP contribution in [0.5, 0.6) is 0 Å². The molecule has 0 saturated carbocycles. The fourth-order valence-electron chi connectivity index (χ4n) is 0.891. The van der Waals surface area contributed by atoms with Crippen LogP contribution in [0, 0.1) is 0 Å². The van der Waals surface area contributed by atoms with Crippen molar-refractivity contribution in [1.82, 2.24) is 0 Å². The average Bonchev–Trinajstić information content (AvgIpc) is 2.14. The van der Waals surface area contributed by atoms with Gasteiger partial charge in [-0.2, -0.15) is 0 Å². The number of hydrogen-bond donors (Lipinski definition) is 1. The summed E-state index contributed by atoms with van der Waals surface area (Å²) in [6, 6.07) is 0. The van der Waals surface area contributed by atoms with Gasteiger partial charge in [-0.1, -0.05) is 24.6 Å². The molecule has 0 aromatic heterocycles. The lowest BCUT2D eigenvalue weighted by atomic mass is 10.1. The number of aliphatic hydroxyl groups excluding tert-OH is 1. The van der Waals surface area contributed by atoms with Crippen LogP contribution >= 0.6 is 0 Å². The first-order valence-corrected chi connectivity index (χ1v) is 4.75. The summed E-state index contributed by atoms with van der Waals surface area (Å²) in [4.78, 5) is 11.4. The summed E-state index contributed by atoms with van der Waals surface area (Å²) < 4.78 is 4.81. The Hall–Kier alpha value is -1.09. The highest BCUT2D eigenvalue weighted by molar-refractivity contribution is 5.92. The van der Waals surface area contributed by atoms with E-state index in [4.69, 9.17) is 9.84 Å². The summed E-state index contributed by atoms with van der Waals surface area (Å²) in [6.07, 6.45) is 4.54. The van der Waals surface area contributed by atoms with Crippen LogP contribution in [0.3, 0.4) is 0 Å². The molecule has 0 atom stereocenters. The van der Waals surface area contributed by atoms with Gasteiger partial charge in [-0.3, -0.25) is 0 Å². The van der Waals surface area contributed by atoms with Crippen molar-refractivity contribution in [3.63, 3.8) is 0 Å². The molecule has 0 rings (SSSR count). The van der Waals surface area contributed by atoms with Gasteiger partial charge in [-0.25, -0.2) is 4.79 Å². The lowest BCUT2D eigenvalue weighted by molar-refractivity contribution is -0.139. The van der Waals surface area contributed by atoms with E-state index in [9.17, 15) is 4.79 Å². The first-order valence-electron chi connectivity index (χ1n) is 4.75. The minimum absolute atomic E-state index is 0.0512. The predicted octanol–water partition coefficient (Wildman–Crippen LogP) is 1.82. The minimum Gasteiger partial charge on any atom is -0.460 e. The molecule has 0 aliphatic rings. The third-order valence-corrected chi connectivity index (χ3v) is 1.60. The van der Waals surface area contributed by atoms with E-state index in [0.29, 0.717) is 5.57 Å². The van der Waals surface area contributed by atoms with Gasteiger partial charge in [0.25, 0.3) is 0 Å². The van der Waals surface area contributed by atoms with Crippen LogP contribution in [0.1, 0.15) is 27.2 Å². The van der Waals surface area contributed by atoms with Crippen molar-refractivity contribution in [2.45, 2.75) is 27.2 Å². The molecule has 0 aliphatic carbocycles. The fourth-order valence-corrected chi connectivity index (χ4v) is 0.891. The maximum Gasteiger partial charge on any atom is 0.338 e. The van der Waals surface area contributed by atoms with Gasteiger partial charge < -0.3 is 9.84 Å². The number of hydrogen-bond acceptors (Lipinski definition) is 3. The molecule has 0 bridgehead atoms. The number of carbonyl (C=O) groups is 1. The molecule has 0 saturated heterocycles. The maximum absolute atomic E-state index is 11.4. The van der Waals surface area contributed by atoms with E-state index in [1.807, 2.05) is 26.8 Å². The standard InChI is InChI=1S/C11H18O3/c1-4-5-6-10(9(2)3)11(13)14-8-7-12/h5-6,12H,4,7-8H2,1-3H3. The molecule has 3 heteroatoms. The van der Waals surface area contributed by atoms with Crippen LogP contribution in [-0.2, 0) is 9.53 Å². The summed E-state index contributed by atoms with van der Waals surface area (Å²) in [5, 5.41) is 8.50. The van der Waals surface area contributed by atoms with E-state index >= 15 is 0 Å². The average molecular weight is 198 g/mol. The first-order chi connectivity index (χ1) is 6.63. The summed E-state index contributed by atoms with van der Waals surface area (Å²) in [7, 11) is 0. The van der Waals surface area contributed by atoms with Gasteiger partial charge in [0.15, 0.2) is 0 Å². The lowest BCUT2D eigenvalue weighted by Gasteiger charge is -2.05. The largest absolute Gasteiger partial charge is 0.460 e. The first kappa shape index (κ1) is 12.9. The Morgan fingerprint density at radius 3 is 2.50 bits per heavy atom. The van der Waals surface area contributed by atoms with E-state index in [-0.39, 0.29) is 19.2 Å². The molecule has 0 aromatic carbocycles. The molecule has 0 unspecified atom stereocenters. The van der Waals surface area contributed by atoms with Gasteiger partial charge in [0.1, 0.15) is 6.61 Å². The molecule has 0 aliphatic heterocycles. The van der Waals surface area contributed by atoms with Crippen LogP contribution < -0.4 is 0 Å². The number of aliphatic hydroxyl groups is 1. The second-order valence-electron chi connectivity index (χ2n) is 3.08. The summed E-state index contributed by atoms with van der Waals surface area (Å²) in [6.45, 7) is 5.62. The third kappa shape index (κ3) is 4.82. The lowest BCUT2D eigenvalue weighted by Crippen LogP contribution is -2.10. The zero-order valence-corrected chi connectivity index (χ0v) is 9.04. The topological polar surface area (TPSA) is 46.5 Å². The Kier molecular flexibility index (Phi) is 6.76. The smallest absolute Gasteiger partial charge is 0.338 e. The fraction of sp³-hybridized carbons (Fsp3) is 0.545. The molecule has 0 aromatic rings. The van der Waals surface area contributed by atoms with E-state index in [1.54, 1.807) is 6.08 Å². The molecule has 0 radical (unpaired) electrons. The molecule has 14 heavy (non-hydrogen) atoms. The van der Waals surface area contributed by atoms with Crippen molar-refractivity contribution >= 4 is 5.97 Å². The number of carbonyl (C=O) groups excluding carboxylic acids is 1. The highest BCUT2D eigenvalue weighted by Crippen LogP contribution is 2.08. The quantitative estimate of drug-likeness (QED) is 0.416. The van der Waals surface area contributed by atoms with Crippen LogP contribution in [0.2, 0.25) is 0 Å². The van der Waals surface area contributed by atoms with Gasteiger partial charge in [-0.05, 0) is 20.3 Å². The molecular weight excluding hydrogens is 180 g/mol. The van der Waals surface area contributed by atoms with Crippen LogP contribution in [-0.4, -0.2) is 24.3 Å². The molecule has 0 amide bonds. The van der Waals surface area contributed by atoms with Crippen LogP contribution in [0.4, 0.5) is 0 Å². The van der Waals surface area contributed by atoms with Crippen LogP contribution in [0.25, 0.3) is 0 Å². The zero-order valence-electron chi connectivity index (χ0n) is 9.04. The Morgan fingerprint density at radius 1 is 1.43 bits per heavy atom. The Bertz CT molecular complexity index is 235. The van der Waals surface area contributed by atoms with Gasteiger partial charge in [0, 0.05) is 0 Å². The minimum atomic E-state index is -0.372. The Balaban J connectivity index is 4.45. The van der Waals surface area contributed by atoms with Crippen molar-refractivity contribution in [3.05, 3.63) is 23.3 Å². The SMILES string of the molecule is CCC=CC(C(=O)OCCO)=C(C)C. The van der Waals surface area contributed by atoms with Gasteiger partial charge in [0.05, 0.1) is 12.2 Å². The summed E-state index contributed by atoms with van der Waals surface area (Å²) in [5.41, 5.74) is 1.48. The van der Waals surface area contributed by atoms with Gasteiger partial charge in [0.2, 0.25) is 0 Å². The molecule has 1 N–H and O–H groups in total. The van der Waals surface area contributed by atoms with Crippen LogP contribution in [0.15, 0.2) is 23.3 Å². The molecule has 0 fully saturated rings. The van der Waals surface area contributed by atoms with Crippen molar-refractivity contribution in [2.24, 2.45) is 0 Å². The molecule has 0 spiro atoms. The molecule has 3 nitrogen and oxygen atoms in total. The van der Waals surface area contributed by atoms with E-state index < -0.39 is 0 Å². The number of esters is 1. The van der Waals surface area contributed by atoms with E-state index in [1.165, 1.54) is 0 Å². The van der Waals surface area contributed by atoms with Crippen molar-refractivity contribution < 1.29 is 14.6 Å². The highest BCUT2D eigenvalue weighted by Gasteiger charge is 2.08. The van der Waals surface area contributed by atoms with E-state index in [0.717, 1.165) is 12.0 Å². The normalized spacial score (nSPS) is 10.3. The second kappa shape index (κ2) is 7.33. The number of rotatable bonds is 5. The van der Waals surface area contributed by atoms with Gasteiger partial charge >= 0.3 is 5.97 Å². The second-order valence-corrected chi connectivity index (χ2v) is 3.08. The monoisotopic (exact) mass is 198 g/mol. The maximum atomic E-state index is 11.4. The Morgan fingerprint density at radius 2 is 2.07 bits per heavy atom. The molecular formula is C11H18O3. The molecule has 80 valence electrons. The zero-order chi connectivity index (χ0) is 11.0. The predicted molar refractivity (Wildman–Crippen MR) is 55.8 cm³/mol. The van der Waals surface area contributed by atoms with Crippen molar-refractivity contribution in [3.8, 4) is 0 Å². The Labute approximate surface area is 85.1 Å². The highest BCUT2D eigenvalue weighted by atomic mass is 16.5. The van der Waals surface area contributed by atoms with Crippen molar-refractivity contribution in [2.75, 3.05) is 13.2 Å². The summed E-state index contributed by atoms with van der Waals surface area (Å²) >= 11 is 0. The molecule has 0 heterocycles.